The molecular weight excluding hydrogens is 433 g/mol. The molecule has 2 aromatic rings. The van der Waals surface area contributed by atoms with Crippen LogP contribution < -0.4 is 15.5 Å². The van der Waals surface area contributed by atoms with Crippen molar-refractivity contribution in [3.63, 3.8) is 0 Å². The number of nitrogens with one attached hydrogen (secondary N) is 2. The highest BCUT2D eigenvalue weighted by atomic mass is 127. The summed E-state index contributed by atoms with van der Waals surface area (Å²) >= 11 is 2.01. The number of carbonyl (C=O) groups excluding carboxylic acids is 1. The summed E-state index contributed by atoms with van der Waals surface area (Å²) in [6.07, 6.45) is 1.51. The number of hydrogen-bond acceptors (Lipinski definition) is 5. The number of halogens is 1. The fourth-order valence-electron chi connectivity index (χ4n) is 2.09. The lowest BCUT2D eigenvalue weighted by Crippen LogP contribution is -2.25. The minimum Gasteiger partial charge on any atom is -0.504 e. The van der Waals surface area contributed by atoms with Crippen molar-refractivity contribution in [2.45, 2.75) is 13.8 Å². The Morgan fingerprint density at radius 1 is 1.36 bits per heavy atom. The zero-order valence-corrected chi connectivity index (χ0v) is 16.2. The molecule has 0 saturated carbocycles. The van der Waals surface area contributed by atoms with Gasteiger partial charge in [0.2, 0.25) is 0 Å². The zero-order chi connectivity index (χ0) is 18.2. The molecule has 0 bridgehead atoms. The van der Waals surface area contributed by atoms with E-state index in [1.54, 1.807) is 12.1 Å². The van der Waals surface area contributed by atoms with Gasteiger partial charge in [-0.2, -0.15) is 5.10 Å². The van der Waals surface area contributed by atoms with Crippen molar-refractivity contribution in [1.82, 2.24) is 5.43 Å². The van der Waals surface area contributed by atoms with E-state index in [9.17, 15) is 9.90 Å². The molecule has 7 heteroatoms. The predicted octanol–water partition coefficient (Wildman–Crippen LogP) is 3.27. The first-order valence-electron chi connectivity index (χ1n) is 7.77. The molecule has 0 aliphatic carbocycles. The number of rotatable bonds is 7. The topological polar surface area (TPSA) is 83.0 Å². The number of anilines is 1. The quantitative estimate of drug-likeness (QED) is 0.342. The molecule has 0 aromatic heterocycles. The van der Waals surface area contributed by atoms with E-state index < -0.39 is 0 Å². The first kappa shape index (κ1) is 19.0. The van der Waals surface area contributed by atoms with Crippen LogP contribution in [0.2, 0.25) is 0 Å². The van der Waals surface area contributed by atoms with E-state index in [1.807, 2.05) is 60.7 Å². The van der Waals surface area contributed by atoms with Gasteiger partial charge in [0.05, 0.1) is 22.9 Å². The summed E-state index contributed by atoms with van der Waals surface area (Å²) in [6, 6.07) is 11.2. The van der Waals surface area contributed by atoms with Gasteiger partial charge in [-0.3, -0.25) is 4.79 Å². The largest absolute Gasteiger partial charge is 0.504 e. The van der Waals surface area contributed by atoms with E-state index in [4.69, 9.17) is 4.74 Å². The number of hydrogen-bond donors (Lipinski definition) is 3. The van der Waals surface area contributed by atoms with Crippen LogP contribution in [0.5, 0.6) is 11.5 Å². The second kappa shape index (κ2) is 9.26. The third-order valence-electron chi connectivity index (χ3n) is 3.22. The van der Waals surface area contributed by atoms with E-state index in [0.717, 1.165) is 16.8 Å². The molecule has 6 nitrogen and oxygen atoms in total. The predicted molar refractivity (Wildman–Crippen MR) is 107 cm³/mol. The number of carbonyl (C=O) groups is 1. The van der Waals surface area contributed by atoms with Crippen molar-refractivity contribution < 1.29 is 14.6 Å². The molecule has 0 heterocycles. The lowest BCUT2D eigenvalue weighted by Gasteiger charge is -2.08. The van der Waals surface area contributed by atoms with Crippen LogP contribution in [0.25, 0.3) is 0 Å². The van der Waals surface area contributed by atoms with E-state index in [1.165, 1.54) is 6.21 Å². The maximum Gasteiger partial charge on any atom is 0.259 e. The van der Waals surface area contributed by atoms with Gasteiger partial charge in [-0.25, -0.2) is 5.43 Å². The number of benzene rings is 2. The molecule has 1 amide bonds. The van der Waals surface area contributed by atoms with Crippen LogP contribution in [0.15, 0.2) is 41.5 Å². The van der Waals surface area contributed by atoms with E-state index >= 15 is 0 Å². The first-order valence-corrected chi connectivity index (χ1v) is 8.85. The SMILES string of the molecule is CCOc1cc(/C=N/NC(=O)CNc2cccc(C)c2)cc(I)c1O. The summed E-state index contributed by atoms with van der Waals surface area (Å²) in [4.78, 5) is 11.8. The highest BCUT2D eigenvalue weighted by Crippen LogP contribution is 2.32. The van der Waals surface area contributed by atoms with Crippen molar-refractivity contribution in [1.29, 1.82) is 0 Å². The summed E-state index contributed by atoms with van der Waals surface area (Å²) in [5, 5.41) is 16.9. The van der Waals surface area contributed by atoms with Crippen LogP contribution in [0.3, 0.4) is 0 Å². The molecule has 3 N–H and O–H groups in total. The maximum atomic E-state index is 11.8. The normalized spacial score (nSPS) is 10.7. The van der Waals surface area contributed by atoms with Crippen LogP contribution in [0, 0.1) is 10.5 Å². The van der Waals surface area contributed by atoms with Gasteiger partial charge in [0.25, 0.3) is 5.91 Å². The average Bonchev–Trinajstić information content (AvgIpc) is 2.58. The second-order valence-corrected chi connectivity index (χ2v) is 6.46. The van der Waals surface area contributed by atoms with Crippen molar-refractivity contribution in [2.75, 3.05) is 18.5 Å². The molecule has 132 valence electrons. The Labute approximate surface area is 160 Å². The Hall–Kier alpha value is -2.29. The summed E-state index contributed by atoms with van der Waals surface area (Å²) < 4.78 is 6.02. The van der Waals surface area contributed by atoms with E-state index in [0.29, 0.717) is 15.9 Å². The van der Waals surface area contributed by atoms with Gasteiger partial charge in [-0.1, -0.05) is 12.1 Å². The molecular formula is C18H20IN3O3. The molecule has 0 atom stereocenters. The van der Waals surface area contributed by atoms with Gasteiger partial charge >= 0.3 is 0 Å². The monoisotopic (exact) mass is 453 g/mol. The van der Waals surface area contributed by atoms with Gasteiger partial charge in [0.1, 0.15) is 0 Å². The number of aromatic hydroxyl groups is 1. The van der Waals surface area contributed by atoms with E-state index in [2.05, 4.69) is 15.8 Å². The van der Waals surface area contributed by atoms with Crippen LogP contribution >= 0.6 is 22.6 Å². The van der Waals surface area contributed by atoms with Crippen LogP contribution in [0.1, 0.15) is 18.1 Å². The number of hydrazone groups is 1. The van der Waals surface area contributed by atoms with Crippen molar-refractivity contribution in [3.8, 4) is 11.5 Å². The van der Waals surface area contributed by atoms with Crippen LogP contribution in [-0.4, -0.2) is 30.4 Å². The minimum atomic E-state index is -0.253. The van der Waals surface area contributed by atoms with Crippen LogP contribution in [0.4, 0.5) is 5.69 Å². The molecule has 2 aromatic carbocycles. The number of ether oxygens (including phenoxy) is 1. The third-order valence-corrected chi connectivity index (χ3v) is 4.05. The smallest absolute Gasteiger partial charge is 0.259 e. The number of amides is 1. The standard InChI is InChI=1S/C18H20IN3O3/c1-3-25-16-9-13(8-15(19)18(16)24)10-21-22-17(23)11-20-14-6-4-5-12(2)7-14/h4-10,20,24H,3,11H2,1-2H3,(H,22,23)/b21-10+. The Kier molecular flexibility index (Phi) is 7.05. The number of phenols is 1. The second-order valence-electron chi connectivity index (χ2n) is 5.30. The third kappa shape index (κ3) is 5.93. The maximum absolute atomic E-state index is 11.8. The summed E-state index contributed by atoms with van der Waals surface area (Å²) in [6.45, 7) is 4.41. The molecule has 0 unspecified atom stereocenters. The number of phenolic OH excluding ortho intramolecular Hbond substituents is 1. The van der Waals surface area contributed by atoms with Crippen LogP contribution in [-0.2, 0) is 4.79 Å². The fraction of sp³-hybridized carbons (Fsp3) is 0.222. The fourth-order valence-corrected chi connectivity index (χ4v) is 2.71. The molecule has 0 aliphatic rings. The molecule has 0 fully saturated rings. The molecule has 0 spiro atoms. The zero-order valence-electron chi connectivity index (χ0n) is 14.0. The van der Waals surface area contributed by atoms with Gasteiger partial charge in [-0.15, -0.1) is 0 Å². The lowest BCUT2D eigenvalue weighted by atomic mass is 10.2. The van der Waals surface area contributed by atoms with Gasteiger partial charge < -0.3 is 15.2 Å². The van der Waals surface area contributed by atoms with Crippen molar-refractivity contribution in [2.24, 2.45) is 5.10 Å². The Balaban J connectivity index is 1.90. The Morgan fingerprint density at radius 2 is 2.16 bits per heavy atom. The van der Waals surface area contributed by atoms with Gasteiger partial charge in [-0.05, 0) is 71.8 Å². The number of aryl methyl sites for hydroxylation is 1. The summed E-state index contributed by atoms with van der Waals surface area (Å²) in [7, 11) is 0. The summed E-state index contributed by atoms with van der Waals surface area (Å²) in [5.41, 5.74) is 5.19. The van der Waals surface area contributed by atoms with Crippen molar-refractivity contribution in [3.05, 3.63) is 51.1 Å². The van der Waals surface area contributed by atoms with E-state index in [-0.39, 0.29) is 18.2 Å². The number of nitrogens with zero attached hydrogens (tertiary/aromatic N) is 1. The van der Waals surface area contributed by atoms with Gasteiger partial charge in [0.15, 0.2) is 11.5 Å². The molecule has 25 heavy (non-hydrogen) atoms. The molecule has 0 radical (unpaired) electrons. The molecule has 0 saturated heterocycles. The van der Waals surface area contributed by atoms with Crippen molar-refractivity contribution >= 4 is 40.4 Å². The molecule has 0 aliphatic heterocycles. The first-order chi connectivity index (χ1) is 12.0. The Morgan fingerprint density at radius 3 is 2.88 bits per heavy atom. The average molecular weight is 453 g/mol. The lowest BCUT2D eigenvalue weighted by molar-refractivity contribution is -0.119. The highest BCUT2D eigenvalue weighted by molar-refractivity contribution is 14.1. The summed E-state index contributed by atoms with van der Waals surface area (Å²) in [5.74, 6) is 0.241. The molecule has 2 rings (SSSR count). The van der Waals surface area contributed by atoms with Gasteiger partial charge in [0, 0.05) is 5.69 Å². The highest BCUT2D eigenvalue weighted by Gasteiger charge is 2.08. The minimum absolute atomic E-state index is 0.103. The Bertz CT molecular complexity index is 778.